The summed E-state index contributed by atoms with van der Waals surface area (Å²) < 4.78 is 5.40. The van der Waals surface area contributed by atoms with Crippen molar-refractivity contribution < 1.29 is 9.21 Å². The van der Waals surface area contributed by atoms with Crippen molar-refractivity contribution in [2.45, 2.75) is 39.7 Å². The molecular formula is C15H18ClN3O2. The van der Waals surface area contributed by atoms with Crippen LogP contribution in [0.15, 0.2) is 22.7 Å². The van der Waals surface area contributed by atoms with Gasteiger partial charge in [0.1, 0.15) is 17.0 Å². The lowest BCUT2D eigenvalue weighted by Crippen LogP contribution is -2.27. The zero-order valence-electron chi connectivity index (χ0n) is 12.5. The first kappa shape index (κ1) is 15.5. The Morgan fingerprint density at radius 2 is 2.05 bits per heavy atom. The van der Waals surface area contributed by atoms with Gasteiger partial charge < -0.3 is 9.73 Å². The monoisotopic (exact) mass is 307 g/mol. The van der Waals surface area contributed by atoms with Crippen LogP contribution >= 0.6 is 11.6 Å². The second-order valence-corrected chi connectivity index (χ2v) is 5.65. The first-order valence-electron chi connectivity index (χ1n) is 6.77. The molecule has 1 unspecified atom stereocenters. The SMILES string of the molecule is Cc1cnc(C(C)NC(=O)c2cc(Cl)nc(C(C)C)c2)o1. The molecule has 2 aromatic heterocycles. The predicted molar refractivity (Wildman–Crippen MR) is 80.5 cm³/mol. The molecule has 0 aliphatic rings. The number of carbonyl (C=O) groups is 1. The van der Waals surface area contributed by atoms with Gasteiger partial charge >= 0.3 is 0 Å². The van der Waals surface area contributed by atoms with E-state index in [2.05, 4.69) is 15.3 Å². The summed E-state index contributed by atoms with van der Waals surface area (Å²) in [6.07, 6.45) is 1.62. The summed E-state index contributed by atoms with van der Waals surface area (Å²) in [6, 6.07) is 2.98. The molecule has 1 amide bonds. The number of oxazole rings is 1. The minimum atomic E-state index is -0.319. The molecule has 2 rings (SSSR count). The fourth-order valence-electron chi connectivity index (χ4n) is 1.86. The first-order valence-corrected chi connectivity index (χ1v) is 7.15. The van der Waals surface area contributed by atoms with Crippen LogP contribution in [0.2, 0.25) is 5.15 Å². The summed E-state index contributed by atoms with van der Waals surface area (Å²) in [6.45, 7) is 7.62. The zero-order valence-corrected chi connectivity index (χ0v) is 13.2. The number of nitrogens with zero attached hydrogens (tertiary/aromatic N) is 2. The molecule has 0 radical (unpaired) electrons. The minimum Gasteiger partial charge on any atom is -0.444 e. The third-order valence-corrected chi connectivity index (χ3v) is 3.22. The quantitative estimate of drug-likeness (QED) is 0.876. The Hall–Kier alpha value is -1.88. The highest BCUT2D eigenvalue weighted by molar-refractivity contribution is 6.29. The lowest BCUT2D eigenvalue weighted by atomic mass is 10.1. The highest BCUT2D eigenvalue weighted by Crippen LogP contribution is 2.19. The number of hydrogen-bond acceptors (Lipinski definition) is 4. The van der Waals surface area contributed by atoms with Crippen LogP contribution in [0.4, 0.5) is 0 Å². The summed E-state index contributed by atoms with van der Waals surface area (Å²) in [5, 5.41) is 3.15. The van der Waals surface area contributed by atoms with Gasteiger partial charge in [0.05, 0.1) is 6.20 Å². The van der Waals surface area contributed by atoms with Crippen molar-refractivity contribution in [1.29, 1.82) is 0 Å². The number of pyridine rings is 1. The van der Waals surface area contributed by atoms with E-state index in [4.69, 9.17) is 16.0 Å². The van der Waals surface area contributed by atoms with E-state index < -0.39 is 0 Å². The van der Waals surface area contributed by atoms with Crippen LogP contribution in [-0.4, -0.2) is 15.9 Å². The number of rotatable bonds is 4. The molecule has 0 saturated carbocycles. The Labute approximate surface area is 128 Å². The maximum absolute atomic E-state index is 12.3. The third kappa shape index (κ3) is 3.82. The summed E-state index contributed by atoms with van der Waals surface area (Å²) in [7, 11) is 0. The van der Waals surface area contributed by atoms with Crippen LogP contribution in [0.3, 0.4) is 0 Å². The Balaban J connectivity index is 2.16. The van der Waals surface area contributed by atoms with Gasteiger partial charge in [0, 0.05) is 11.3 Å². The van der Waals surface area contributed by atoms with Gasteiger partial charge in [-0.05, 0) is 31.9 Å². The predicted octanol–water partition coefficient (Wildman–Crippen LogP) is 3.65. The molecule has 0 aliphatic heterocycles. The van der Waals surface area contributed by atoms with Crippen molar-refractivity contribution >= 4 is 17.5 Å². The molecule has 1 N–H and O–H groups in total. The lowest BCUT2D eigenvalue weighted by molar-refractivity contribution is 0.0933. The van der Waals surface area contributed by atoms with Gasteiger partial charge in [0.25, 0.3) is 5.91 Å². The molecular weight excluding hydrogens is 290 g/mol. The number of amides is 1. The van der Waals surface area contributed by atoms with Crippen LogP contribution in [0.5, 0.6) is 0 Å². The fourth-order valence-corrected chi connectivity index (χ4v) is 2.07. The third-order valence-electron chi connectivity index (χ3n) is 3.02. The van der Waals surface area contributed by atoms with Gasteiger partial charge in [-0.25, -0.2) is 9.97 Å². The van der Waals surface area contributed by atoms with Crippen molar-refractivity contribution in [3.05, 3.63) is 46.4 Å². The van der Waals surface area contributed by atoms with Crippen LogP contribution < -0.4 is 5.32 Å². The van der Waals surface area contributed by atoms with Crippen LogP contribution in [0.1, 0.15) is 60.4 Å². The summed E-state index contributed by atoms with van der Waals surface area (Å²) in [5.41, 5.74) is 1.26. The van der Waals surface area contributed by atoms with Crippen molar-refractivity contribution in [2.24, 2.45) is 0 Å². The maximum Gasteiger partial charge on any atom is 0.252 e. The molecule has 0 fully saturated rings. The summed E-state index contributed by atoms with van der Waals surface area (Å²) in [4.78, 5) is 20.6. The molecule has 5 nitrogen and oxygen atoms in total. The van der Waals surface area contributed by atoms with E-state index in [9.17, 15) is 4.79 Å². The highest BCUT2D eigenvalue weighted by atomic mass is 35.5. The molecule has 1 atom stereocenters. The molecule has 0 aliphatic carbocycles. The second-order valence-electron chi connectivity index (χ2n) is 5.26. The zero-order chi connectivity index (χ0) is 15.6. The first-order chi connectivity index (χ1) is 9.86. The normalized spacial score (nSPS) is 12.5. The summed E-state index contributed by atoms with van der Waals surface area (Å²) in [5.74, 6) is 1.15. The van der Waals surface area contributed by atoms with E-state index >= 15 is 0 Å². The number of halogens is 1. The van der Waals surface area contributed by atoms with Crippen LogP contribution in [0.25, 0.3) is 0 Å². The number of aryl methyl sites for hydroxylation is 1. The number of carbonyl (C=O) groups excluding carboxylic acids is 1. The molecule has 2 aromatic rings. The van der Waals surface area contributed by atoms with Gasteiger partial charge in [-0.3, -0.25) is 4.79 Å². The van der Waals surface area contributed by atoms with Crippen molar-refractivity contribution in [2.75, 3.05) is 0 Å². The largest absolute Gasteiger partial charge is 0.444 e. The van der Waals surface area contributed by atoms with E-state index in [1.165, 1.54) is 0 Å². The number of nitrogens with one attached hydrogen (secondary N) is 1. The van der Waals surface area contributed by atoms with Gasteiger partial charge in [-0.1, -0.05) is 25.4 Å². The Morgan fingerprint density at radius 1 is 1.33 bits per heavy atom. The van der Waals surface area contributed by atoms with Crippen molar-refractivity contribution in [3.63, 3.8) is 0 Å². The number of aromatic nitrogens is 2. The smallest absolute Gasteiger partial charge is 0.252 e. The Bertz CT molecular complexity index is 652. The van der Waals surface area contributed by atoms with E-state index in [1.54, 1.807) is 18.3 Å². The van der Waals surface area contributed by atoms with Gasteiger partial charge in [0.2, 0.25) is 5.89 Å². The molecule has 0 bridgehead atoms. The van der Waals surface area contributed by atoms with Crippen molar-refractivity contribution in [3.8, 4) is 0 Å². The van der Waals surface area contributed by atoms with E-state index in [-0.39, 0.29) is 17.9 Å². The topological polar surface area (TPSA) is 68.0 Å². The van der Waals surface area contributed by atoms with Crippen LogP contribution in [-0.2, 0) is 0 Å². The van der Waals surface area contributed by atoms with Gasteiger partial charge in [-0.2, -0.15) is 0 Å². The number of hydrogen-bond donors (Lipinski definition) is 1. The van der Waals surface area contributed by atoms with Crippen molar-refractivity contribution in [1.82, 2.24) is 15.3 Å². The molecule has 0 spiro atoms. The Morgan fingerprint density at radius 3 is 2.62 bits per heavy atom. The highest BCUT2D eigenvalue weighted by Gasteiger charge is 2.17. The average Bonchev–Trinajstić information content (AvgIpc) is 2.84. The lowest BCUT2D eigenvalue weighted by Gasteiger charge is -2.12. The standard InChI is InChI=1S/C15H18ClN3O2/c1-8(2)12-5-11(6-13(16)19-12)14(20)18-10(4)15-17-7-9(3)21-15/h5-8,10H,1-4H3,(H,18,20). The van der Waals surface area contributed by atoms with Gasteiger partial charge in [0.15, 0.2) is 0 Å². The average molecular weight is 308 g/mol. The maximum atomic E-state index is 12.3. The molecule has 6 heteroatoms. The second kappa shape index (κ2) is 6.26. The minimum absolute atomic E-state index is 0.196. The molecule has 0 aromatic carbocycles. The van der Waals surface area contributed by atoms with Gasteiger partial charge in [-0.15, -0.1) is 0 Å². The summed E-state index contributed by atoms with van der Waals surface area (Å²) >= 11 is 5.97. The fraction of sp³-hybridized carbons (Fsp3) is 0.400. The molecule has 21 heavy (non-hydrogen) atoms. The van der Waals surface area contributed by atoms with Crippen LogP contribution in [0, 0.1) is 6.92 Å². The Kier molecular flexibility index (Phi) is 4.63. The van der Waals surface area contributed by atoms with E-state index in [0.29, 0.717) is 22.4 Å². The molecule has 0 saturated heterocycles. The molecule has 2 heterocycles. The van der Waals surface area contributed by atoms with E-state index in [1.807, 2.05) is 27.7 Å². The van der Waals surface area contributed by atoms with E-state index in [0.717, 1.165) is 5.69 Å². The molecule has 112 valence electrons.